The third-order valence-electron chi connectivity index (χ3n) is 6.30. The van der Waals surface area contributed by atoms with Gasteiger partial charge in [0.15, 0.2) is 22.8 Å². The highest BCUT2D eigenvalue weighted by molar-refractivity contribution is 5.84. The summed E-state index contributed by atoms with van der Waals surface area (Å²) in [4.78, 5) is 9.70. The van der Waals surface area contributed by atoms with Gasteiger partial charge in [0.25, 0.3) is 0 Å². The van der Waals surface area contributed by atoms with Crippen LogP contribution in [0.3, 0.4) is 0 Å². The second-order valence-corrected chi connectivity index (χ2v) is 8.75. The molecule has 0 spiro atoms. The van der Waals surface area contributed by atoms with Gasteiger partial charge in [0.05, 0.1) is 18.2 Å². The molecular formula is C24H34N6O. The Morgan fingerprint density at radius 3 is 2.58 bits per heavy atom. The van der Waals surface area contributed by atoms with E-state index in [0.717, 1.165) is 36.9 Å². The van der Waals surface area contributed by atoms with Gasteiger partial charge in [0.2, 0.25) is 0 Å². The molecule has 2 aromatic heterocycles. The lowest BCUT2D eigenvalue weighted by Crippen LogP contribution is -2.32. The van der Waals surface area contributed by atoms with E-state index in [1.165, 1.54) is 32.1 Å². The van der Waals surface area contributed by atoms with Crippen LogP contribution in [-0.2, 0) is 0 Å². The number of aliphatic hydroxyl groups excluding tert-OH is 1. The maximum Gasteiger partial charge on any atom is 0.184 e. The van der Waals surface area contributed by atoms with Crippen LogP contribution in [0.2, 0.25) is 0 Å². The fraction of sp³-hybridized carbons (Fsp3) is 0.583. The Bertz CT molecular complexity index is 965. The summed E-state index contributed by atoms with van der Waals surface area (Å²) < 4.78 is 1.99. The molecule has 3 aromatic rings. The summed E-state index contributed by atoms with van der Waals surface area (Å²) in [6.45, 7) is 4.05. The first-order valence-electron chi connectivity index (χ1n) is 11.8. The SMILES string of the molecule is CCCCCC[C@H](Nc1nc(-c2ccccc2)nc2c1nnn2C1CCCC1)[C@H](C)O. The quantitative estimate of drug-likeness (QED) is 0.440. The Morgan fingerprint density at radius 2 is 1.87 bits per heavy atom. The Labute approximate surface area is 184 Å². The fourth-order valence-electron chi connectivity index (χ4n) is 4.44. The molecule has 166 valence electrons. The van der Waals surface area contributed by atoms with E-state index < -0.39 is 6.10 Å². The van der Waals surface area contributed by atoms with Crippen molar-refractivity contribution in [2.24, 2.45) is 0 Å². The summed E-state index contributed by atoms with van der Waals surface area (Å²) in [5.41, 5.74) is 2.42. The van der Waals surface area contributed by atoms with Crippen LogP contribution in [-0.4, -0.2) is 42.2 Å². The number of benzene rings is 1. The van der Waals surface area contributed by atoms with Gasteiger partial charge in [-0.15, -0.1) is 5.10 Å². The Morgan fingerprint density at radius 1 is 1.10 bits per heavy atom. The summed E-state index contributed by atoms with van der Waals surface area (Å²) in [5, 5.41) is 22.9. The van der Waals surface area contributed by atoms with Gasteiger partial charge in [-0.1, -0.05) is 81.0 Å². The smallest absolute Gasteiger partial charge is 0.184 e. The van der Waals surface area contributed by atoms with Crippen LogP contribution in [0.1, 0.15) is 77.7 Å². The minimum Gasteiger partial charge on any atom is -0.391 e. The van der Waals surface area contributed by atoms with E-state index in [2.05, 4.69) is 22.6 Å². The molecule has 2 heterocycles. The molecule has 2 N–H and O–H groups in total. The molecule has 1 saturated carbocycles. The lowest BCUT2D eigenvalue weighted by Gasteiger charge is -2.22. The third kappa shape index (κ3) is 5.03. The van der Waals surface area contributed by atoms with Crippen molar-refractivity contribution in [1.29, 1.82) is 0 Å². The second kappa shape index (κ2) is 10.2. The highest BCUT2D eigenvalue weighted by atomic mass is 16.3. The highest BCUT2D eigenvalue weighted by Gasteiger charge is 2.25. The predicted octanol–water partition coefficient (Wildman–Crippen LogP) is 5.14. The molecule has 1 fully saturated rings. The van der Waals surface area contributed by atoms with Crippen LogP contribution in [0, 0.1) is 0 Å². The molecule has 1 aliphatic carbocycles. The van der Waals surface area contributed by atoms with Crippen molar-refractivity contribution in [3.05, 3.63) is 30.3 Å². The molecule has 0 bridgehead atoms. The van der Waals surface area contributed by atoms with E-state index in [1.807, 2.05) is 41.9 Å². The number of aliphatic hydroxyl groups is 1. The summed E-state index contributed by atoms with van der Waals surface area (Å²) in [6.07, 6.45) is 9.73. The van der Waals surface area contributed by atoms with Crippen molar-refractivity contribution in [1.82, 2.24) is 25.0 Å². The lowest BCUT2D eigenvalue weighted by molar-refractivity contribution is 0.165. The summed E-state index contributed by atoms with van der Waals surface area (Å²) in [7, 11) is 0. The number of hydrogen-bond acceptors (Lipinski definition) is 6. The van der Waals surface area contributed by atoms with Crippen LogP contribution in [0.4, 0.5) is 5.82 Å². The van der Waals surface area contributed by atoms with Gasteiger partial charge in [0, 0.05) is 5.56 Å². The van der Waals surface area contributed by atoms with Crippen LogP contribution in [0.15, 0.2) is 30.3 Å². The second-order valence-electron chi connectivity index (χ2n) is 8.75. The fourth-order valence-corrected chi connectivity index (χ4v) is 4.44. The van der Waals surface area contributed by atoms with Crippen molar-refractivity contribution in [3.63, 3.8) is 0 Å². The van der Waals surface area contributed by atoms with E-state index in [9.17, 15) is 5.11 Å². The number of nitrogens with one attached hydrogen (secondary N) is 1. The van der Waals surface area contributed by atoms with Crippen molar-refractivity contribution < 1.29 is 5.11 Å². The summed E-state index contributed by atoms with van der Waals surface area (Å²) in [6, 6.07) is 10.3. The molecule has 4 rings (SSSR count). The average Bonchev–Trinajstić information content (AvgIpc) is 3.46. The van der Waals surface area contributed by atoms with Gasteiger partial charge in [0.1, 0.15) is 0 Å². The van der Waals surface area contributed by atoms with Crippen molar-refractivity contribution >= 4 is 17.0 Å². The average molecular weight is 423 g/mol. The summed E-state index contributed by atoms with van der Waals surface area (Å²) in [5.74, 6) is 1.32. The molecule has 0 amide bonds. The minimum atomic E-state index is -0.489. The minimum absolute atomic E-state index is 0.0878. The molecule has 0 radical (unpaired) electrons. The number of unbranched alkanes of at least 4 members (excludes halogenated alkanes) is 3. The molecule has 1 aliphatic rings. The van der Waals surface area contributed by atoms with Crippen LogP contribution in [0.25, 0.3) is 22.6 Å². The number of rotatable bonds is 10. The van der Waals surface area contributed by atoms with Crippen molar-refractivity contribution in [2.45, 2.75) is 89.8 Å². The molecule has 2 atom stereocenters. The topological polar surface area (TPSA) is 88.8 Å². The van der Waals surface area contributed by atoms with Crippen LogP contribution < -0.4 is 5.32 Å². The largest absolute Gasteiger partial charge is 0.391 e. The molecule has 0 aliphatic heterocycles. The number of anilines is 1. The molecule has 1 aromatic carbocycles. The van der Waals surface area contributed by atoms with Crippen molar-refractivity contribution in [3.8, 4) is 11.4 Å². The molecule has 0 saturated heterocycles. The standard InChI is InChI=1S/C24H34N6O/c1-3-4-5-9-16-20(17(2)31)25-23-21-24(30(29-28-21)19-14-10-11-15-19)27-22(26-23)18-12-7-6-8-13-18/h6-8,12-13,17,19-20,31H,3-5,9-11,14-16H2,1-2H3,(H,25,26,27)/t17-,20-/m0/s1. The number of hydrogen-bond donors (Lipinski definition) is 2. The molecule has 31 heavy (non-hydrogen) atoms. The number of aromatic nitrogens is 5. The summed E-state index contributed by atoms with van der Waals surface area (Å²) >= 11 is 0. The van der Waals surface area contributed by atoms with Gasteiger partial charge in [-0.2, -0.15) is 0 Å². The van der Waals surface area contributed by atoms with Gasteiger partial charge in [-0.25, -0.2) is 14.6 Å². The Kier molecular flexibility index (Phi) is 7.12. The van der Waals surface area contributed by atoms with E-state index in [4.69, 9.17) is 9.97 Å². The van der Waals surface area contributed by atoms with Gasteiger partial charge >= 0.3 is 0 Å². The monoisotopic (exact) mass is 422 g/mol. The number of nitrogens with zero attached hydrogens (tertiary/aromatic N) is 5. The third-order valence-corrected chi connectivity index (χ3v) is 6.30. The zero-order valence-corrected chi connectivity index (χ0v) is 18.7. The zero-order valence-electron chi connectivity index (χ0n) is 18.7. The first kappa shape index (κ1) is 21.7. The van der Waals surface area contributed by atoms with E-state index in [0.29, 0.717) is 23.2 Å². The molecule has 0 unspecified atom stereocenters. The Hall–Kier alpha value is -2.54. The van der Waals surface area contributed by atoms with E-state index in [-0.39, 0.29) is 6.04 Å². The zero-order chi connectivity index (χ0) is 21.6. The molecule has 7 heteroatoms. The normalized spacial score (nSPS) is 16.6. The number of fused-ring (bicyclic) bond motifs is 1. The van der Waals surface area contributed by atoms with E-state index >= 15 is 0 Å². The predicted molar refractivity (Wildman–Crippen MR) is 124 cm³/mol. The van der Waals surface area contributed by atoms with E-state index in [1.54, 1.807) is 0 Å². The highest BCUT2D eigenvalue weighted by Crippen LogP contribution is 2.33. The van der Waals surface area contributed by atoms with Gasteiger partial charge in [-0.3, -0.25) is 0 Å². The van der Waals surface area contributed by atoms with Crippen LogP contribution >= 0.6 is 0 Å². The van der Waals surface area contributed by atoms with Crippen molar-refractivity contribution in [2.75, 3.05) is 5.32 Å². The van der Waals surface area contributed by atoms with Crippen LogP contribution in [0.5, 0.6) is 0 Å². The maximum atomic E-state index is 10.4. The first-order chi connectivity index (χ1) is 15.2. The van der Waals surface area contributed by atoms with Gasteiger partial charge < -0.3 is 10.4 Å². The first-order valence-corrected chi connectivity index (χ1v) is 11.8. The molecular weight excluding hydrogens is 388 g/mol. The molecule has 7 nitrogen and oxygen atoms in total. The lowest BCUT2D eigenvalue weighted by atomic mass is 10.0. The maximum absolute atomic E-state index is 10.4. The Balaban J connectivity index is 1.70. The van der Waals surface area contributed by atoms with Gasteiger partial charge in [-0.05, 0) is 26.2 Å².